The van der Waals surface area contributed by atoms with Gasteiger partial charge in [-0.25, -0.2) is 9.71 Å². The monoisotopic (exact) mass is 202 g/mol. The van der Waals surface area contributed by atoms with E-state index in [0.29, 0.717) is 11.3 Å². The fraction of sp³-hybridized carbons (Fsp3) is 0. The first-order chi connectivity index (χ1) is 7.13. The van der Waals surface area contributed by atoms with Crippen molar-refractivity contribution < 1.29 is 9.18 Å². The molecule has 15 heavy (non-hydrogen) atoms. The molecule has 1 heterocycles. The highest BCUT2D eigenvalue weighted by Crippen LogP contribution is 2.34. The lowest BCUT2D eigenvalue weighted by Crippen LogP contribution is -2.17. The minimum absolute atomic E-state index is 0.0250. The SMILES string of the molecule is N#CC1=C(C(N)=O)[N]c2ccc(F)cc21. The Morgan fingerprint density at radius 3 is 2.87 bits per heavy atom. The number of carbonyl (C=O) groups excluding carboxylic acids is 1. The topological polar surface area (TPSA) is 81.0 Å². The Bertz CT molecular complexity index is 528. The van der Waals surface area contributed by atoms with Gasteiger partial charge in [-0.2, -0.15) is 5.26 Å². The van der Waals surface area contributed by atoms with Crippen molar-refractivity contribution in [1.82, 2.24) is 5.32 Å². The maximum Gasteiger partial charge on any atom is 0.268 e. The molecule has 0 bridgehead atoms. The predicted molar refractivity (Wildman–Crippen MR) is 49.9 cm³/mol. The molecule has 73 valence electrons. The fourth-order valence-corrected chi connectivity index (χ4v) is 1.40. The summed E-state index contributed by atoms with van der Waals surface area (Å²) in [5.74, 6) is -1.27. The highest BCUT2D eigenvalue weighted by molar-refractivity contribution is 6.07. The quantitative estimate of drug-likeness (QED) is 0.730. The van der Waals surface area contributed by atoms with E-state index >= 15 is 0 Å². The average Bonchev–Trinajstić information content (AvgIpc) is 2.55. The Morgan fingerprint density at radius 1 is 1.53 bits per heavy atom. The number of amides is 1. The Kier molecular flexibility index (Phi) is 1.90. The van der Waals surface area contributed by atoms with E-state index in [1.54, 1.807) is 6.07 Å². The van der Waals surface area contributed by atoms with Gasteiger partial charge in [0, 0.05) is 5.56 Å². The molecule has 0 atom stereocenters. The van der Waals surface area contributed by atoms with Crippen molar-refractivity contribution in [1.29, 1.82) is 5.26 Å². The number of allylic oxidation sites excluding steroid dienone is 1. The average molecular weight is 202 g/mol. The Labute approximate surface area is 84.8 Å². The van der Waals surface area contributed by atoms with Gasteiger partial charge >= 0.3 is 0 Å². The minimum Gasteiger partial charge on any atom is -0.364 e. The standard InChI is InChI=1S/C10H5FN3O/c11-5-1-2-8-6(3-5)7(4-12)9(14-8)10(13)15/h1-3H,(H2,13,15). The number of hydrogen-bond acceptors (Lipinski definition) is 2. The van der Waals surface area contributed by atoms with Gasteiger partial charge in [0.05, 0.1) is 11.3 Å². The lowest BCUT2D eigenvalue weighted by Gasteiger charge is -1.96. The molecule has 4 nitrogen and oxygen atoms in total. The van der Waals surface area contributed by atoms with Crippen LogP contribution in [0.2, 0.25) is 0 Å². The van der Waals surface area contributed by atoms with Gasteiger partial charge in [-0.1, -0.05) is 0 Å². The molecule has 1 aromatic carbocycles. The third-order valence-corrected chi connectivity index (χ3v) is 2.04. The fourth-order valence-electron chi connectivity index (χ4n) is 1.40. The van der Waals surface area contributed by atoms with Crippen LogP contribution in [0.5, 0.6) is 0 Å². The number of carbonyl (C=O) groups is 1. The zero-order valence-corrected chi connectivity index (χ0v) is 7.49. The summed E-state index contributed by atoms with van der Waals surface area (Å²) in [6.07, 6.45) is 0. The van der Waals surface area contributed by atoms with Crippen molar-refractivity contribution in [3.8, 4) is 6.07 Å². The third kappa shape index (κ3) is 1.32. The van der Waals surface area contributed by atoms with Gasteiger partial charge < -0.3 is 5.73 Å². The van der Waals surface area contributed by atoms with Crippen LogP contribution >= 0.6 is 0 Å². The van der Waals surface area contributed by atoms with Gasteiger partial charge in [-0.05, 0) is 18.2 Å². The summed E-state index contributed by atoms with van der Waals surface area (Å²) < 4.78 is 12.9. The molecule has 1 aliphatic heterocycles. The van der Waals surface area contributed by atoms with Crippen molar-refractivity contribution in [3.63, 3.8) is 0 Å². The molecule has 1 amide bonds. The van der Waals surface area contributed by atoms with Gasteiger partial charge in [-0.15, -0.1) is 0 Å². The summed E-state index contributed by atoms with van der Waals surface area (Å²) in [4.78, 5) is 11.0. The van der Waals surface area contributed by atoms with E-state index in [1.165, 1.54) is 12.1 Å². The lowest BCUT2D eigenvalue weighted by molar-refractivity contribution is -0.114. The van der Waals surface area contributed by atoms with Crippen molar-refractivity contribution in [3.05, 3.63) is 35.3 Å². The molecule has 1 aliphatic rings. The minimum atomic E-state index is -0.789. The summed E-state index contributed by atoms with van der Waals surface area (Å²) in [7, 11) is 0. The van der Waals surface area contributed by atoms with E-state index in [4.69, 9.17) is 11.0 Å². The molecule has 0 fully saturated rings. The van der Waals surface area contributed by atoms with Crippen LogP contribution in [0.3, 0.4) is 0 Å². The second-order valence-corrected chi connectivity index (χ2v) is 2.97. The van der Waals surface area contributed by atoms with Gasteiger partial charge in [0.15, 0.2) is 0 Å². The first kappa shape index (κ1) is 9.21. The molecular weight excluding hydrogens is 197 g/mol. The van der Waals surface area contributed by atoms with E-state index in [2.05, 4.69) is 5.32 Å². The molecule has 5 heteroatoms. The molecule has 1 aromatic rings. The van der Waals surface area contributed by atoms with Crippen LogP contribution in [0.25, 0.3) is 5.57 Å². The second kappa shape index (κ2) is 3.10. The predicted octanol–water partition coefficient (Wildman–Crippen LogP) is 0.795. The van der Waals surface area contributed by atoms with E-state index in [0.717, 1.165) is 6.07 Å². The lowest BCUT2D eigenvalue weighted by atomic mass is 10.1. The third-order valence-electron chi connectivity index (χ3n) is 2.04. The van der Waals surface area contributed by atoms with Crippen molar-refractivity contribution in [2.45, 2.75) is 0 Å². The van der Waals surface area contributed by atoms with Crippen LogP contribution in [0, 0.1) is 17.1 Å². The van der Waals surface area contributed by atoms with Gasteiger partial charge in [0.1, 0.15) is 17.6 Å². The van der Waals surface area contributed by atoms with E-state index in [9.17, 15) is 9.18 Å². The van der Waals surface area contributed by atoms with Crippen LogP contribution in [-0.4, -0.2) is 5.91 Å². The molecule has 0 unspecified atom stereocenters. The summed E-state index contributed by atoms with van der Waals surface area (Å²) in [5.41, 5.74) is 5.66. The summed E-state index contributed by atoms with van der Waals surface area (Å²) in [6, 6.07) is 5.57. The van der Waals surface area contributed by atoms with Crippen molar-refractivity contribution in [2.24, 2.45) is 5.73 Å². The first-order valence-corrected chi connectivity index (χ1v) is 4.09. The van der Waals surface area contributed by atoms with Gasteiger partial charge in [-0.3, -0.25) is 4.79 Å². The van der Waals surface area contributed by atoms with Crippen LogP contribution < -0.4 is 11.1 Å². The summed E-state index contributed by atoms with van der Waals surface area (Å²) >= 11 is 0. The van der Waals surface area contributed by atoms with E-state index in [-0.39, 0.29) is 11.3 Å². The highest BCUT2D eigenvalue weighted by atomic mass is 19.1. The number of nitrogens with zero attached hydrogens (tertiary/aromatic N) is 2. The summed E-state index contributed by atoms with van der Waals surface area (Å²) in [5, 5.41) is 12.7. The normalized spacial score (nSPS) is 13.1. The Balaban J connectivity index is 2.63. The number of rotatable bonds is 1. The Morgan fingerprint density at radius 2 is 2.27 bits per heavy atom. The molecule has 0 aromatic heterocycles. The second-order valence-electron chi connectivity index (χ2n) is 2.97. The molecular formula is C10H5FN3O. The number of hydrogen-bond donors (Lipinski definition) is 1. The molecule has 0 spiro atoms. The molecule has 0 aliphatic carbocycles. The number of fused-ring (bicyclic) bond motifs is 1. The maximum absolute atomic E-state index is 12.9. The van der Waals surface area contributed by atoms with Crippen LogP contribution in [-0.2, 0) is 4.79 Å². The smallest absolute Gasteiger partial charge is 0.268 e. The summed E-state index contributed by atoms with van der Waals surface area (Å²) in [6.45, 7) is 0. The number of primary amides is 1. The van der Waals surface area contributed by atoms with Gasteiger partial charge in [0.25, 0.3) is 5.91 Å². The maximum atomic E-state index is 12.9. The zero-order valence-electron chi connectivity index (χ0n) is 7.49. The molecule has 2 rings (SSSR count). The zero-order chi connectivity index (χ0) is 11.0. The number of nitriles is 1. The largest absolute Gasteiger partial charge is 0.364 e. The van der Waals surface area contributed by atoms with Crippen molar-refractivity contribution in [2.75, 3.05) is 0 Å². The molecule has 1 radical (unpaired) electrons. The van der Waals surface area contributed by atoms with Crippen LogP contribution in [0.4, 0.5) is 10.1 Å². The van der Waals surface area contributed by atoms with E-state index in [1.807, 2.05) is 0 Å². The van der Waals surface area contributed by atoms with Crippen LogP contribution in [0.15, 0.2) is 23.9 Å². The number of halogens is 1. The van der Waals surface area contributed by atoms with E-state index < -0.39 is 11.7 Å². The Hall–Kier alpha value is -2.35. The van der Waals surface area contributed by atoms with Gasteiger partial charge in [0.2, 0.25) is 0 Å². The number of nitrogens with two attached hydrogens (primary N) is 1. The van der Waals surface area contributed by atoms with Crippen LogP contribution in [0.1, 0.15) is 5.56 Å². The first-order valence-electron chi connectivity index (χ1n) is 4.09. The molecule has 2 N–H and O–H groups in total. The highest BCUT2D eigenvalue weighted by Gasteiger charge is 2.26. The molecule has 0 saturated carbocycles. The number of benzene rings is 1. The molecule has 0 saturated heterocycles. The van der Waals surface area contributed by atoms with Crippen molar-refractivity contribution >= 4 is 17.2 Å².